The predicted molar refractivity (Wildman–Crippen MR) is 89.5 cm³/mol. The Balaban J connectivity index is 2.30. The van der Waals surface area contributed by atoms with E-state index in [-0.39, 0.29) is 29.3 Å². The molecule has 0 heterocycles. The first-order valence-electron chi connectivity index (χ1n) is 7.16. The molecule has 0 spiro atoms. The minimum atomic E-state index is -0.692. The van der Waals surface area contributed by atoms with Crippen LogP contribution >= 0.6 is 0 Å². The van der Waals surface area contributed by atoms with Crippen molar-refractivity contribution in [1.29, 1.82) is 0 Å². The molecular weight excluding hydrogens is 308 g/mol. The zero-order chi connectivity index (χ0) is 17.5. The number of likely N-dealkylation sites (N-methyl/N-ethyl adjacent to an activating group) is 1. The van der Waals surface area contributed by atoms with Gasteiger partial charge in [0.2, 0.25) is 0 Å². The molecule has 0 bridgehead atoms. The number of para-hydroxylation sites is 1. The molecule has 0 atom stereocenters. The molecule has 7 nitrogen and oxygen atoms in total. The number of ether oxygens (including phenoxy) is 1. The quantitative estimate of drug-likeness (QED) is 0.202. The Labute approximate surface area is 139 Å². The van der Waals surface area contributed by atoms with Crippen molar-refractivity contribution in [3.63, 3.8) is 0 Å². The maximum absolute atomic E-state index is 12.4. The second-order valence-electron chi connectivity index (χ2n) is 5.25. The van der Waals surface area contributed by atoms with E-state index in [1.807, 2.05) is 0 Å². The molecule has 0 unspecified atom stereocenters. The molecule has 0 saturated carbocycles. The van der Waals surface area contributed by atoms with E-state index in [1.165, 1.54) is 12.1 Å². The van der Waals surface area contributed by atoms with E-state index in [4.69, 9.17) is 10.3 Å². The first-order valence-corrected chi connectivity index (χ1v) is 7.16. The summed E-state index contributed by atoms with van der Waals surface area (Å²) in [5.41, 5.74) is 9.19. The standard InChI is InChI=1S/C17H16N4O3/c1-21(2)11-15(22)13-8-4-6-10-16(13)24-17(23)12-7-3-5-9-14(12)19-20-18/h3-10H,11H2,1-2H3. The minimum absolute atomic E-state index is 0.130. The van der Waals surface area contributed by atoms with Crippen LogP contribution in [0.1, 0.15) is 20.7 Å². The topological polar surface area (TPSA) is 95.4 Å². The number of azide groups is 1. The highest BCUT2D eigenvalue weighted by Crippen LogP contribution is 2.24. The van der Waals surface area contributed by atoms with E-state index < -0.39 is 5.97 Å². The van der Waals surface area contributed by atoms with E-state index in [2.05, 4.69) is 10.0 Å². The van der Waals surface area contributed by atoms with Crippen molar-refractivity contribution in [2.75, 3.05) is 20.6 Å². The number of nitrogens with zero attached hydrogens (tertiary/aromatic N) is 4. The highest BCUT2D eigenvalue weighted by molar-refractivity contribution is 6.02. The van der Waals surface area contributed by atoms with Crippen LogP contribution in [0.3, 0.4) is 0 Å². The van der Waals surface area contributed by atoms with Crippen molar-refractivity contribution in [2.24, 2.45) is 5.11 Å². The molecule has 0 radical (unpaired) electrons. The van der Waals surface area contributed by atoms with E-state index in [0.717, 1.165) is 0 Å². The van der Waals surface area contributed by atoms with Gasteiger partial charge in [-0.1, -0.05) is 35.4 Å². The Morgan fingerprint density at radius 1 is 1.08 bits per heavy atom. The van der Waals surface area contributed by atoms with Crippen LogP contribution in [0.5, 0.6) is 5.75 Å². The average molecular weight is 324 g/mol. The van der Waals surface area contributed by atoms with Crippen molar-refractivity contribution >= 4 is 17.4 Å². The normalized spacial score (nSPS) is 10.1. The number of hydrogen-bond acceptors (Lipinski definition) is 5. The lowest BCUT2D eigenvalue weighted by molar-refractivity contribution is 0.0733. The molecule has 122 valence electrons. The molecule has 0 amide bonds. The molecule has 0 saturated heterocycles. The summed E-state index contributed by atoms with van der Waals surface area (Å²) in [6.07, 6.45) is 0. The SMILES string of the molecule is CN(C)CC(=O)c1ccccc1OC(=O)c1ccccc1N=[N+]=[N-]. The second-order valence-corrected chi connectivity index (χ2v) is 5.25. The van der Waals surface area contributed by atoms with Crippen molar-refractivity contribution in [3.05, 3.63) is 70.1 Å². The first-order chi connectivity index (χ1) is 11.5. The summed E-state index contributed by atoms with van der Waals surface area (Å²) in [7, 11) is 3.56. The molecule has 2 aromatic rings. The minimum Gasteiger partial charge on any atom is -0.422 e. The third-order valence-electron chi connectivity index (χ3n) is 3.13. The third kappa shape index (κ3) is 4.19. The number of Topliss-reactive ketones (excluding diaryl/α,β-unsaturated/α-hetero) is 1. The summed E-state index contributed by atoms with van der Waals surface area (Å²) in [5.74, 6) is -0.681. The largest absolute Gasteiger partial charge is 0.422 e. The zero-order valence-corrected chi connectivity index (χ0v) is 13.3. The van der Waals surface area contributed by atoms with Crippen LogP contribution in [0.2, 0.25) is 0 Å². The summed E-state index contributed by atoms with van der Waals surface area (Å²) in [4.78, 5) is 29.1. The van der Waals surface area contributed by atoms with Gasteiger partial charge in [0.05, 0.1) is 23.4 Å². The number of carbonyl (C=O) groups is 2. The van der Waals surface area contributed by atoms with Crippen LogP contribution in [0.25, 0.3) is 10.4 Å². The predicted octanol–water partition coefficient (Wildman–Crippen LogP) is 3.59. The number of ketones is 1. The molecule has 0 aliphatic rings. The van der Waals surface area contributed by atoms with Crippen molar-refractivity contribution in [1.82, 2.24) is 4.90 Å². The van der Waals surface area contributed by atoms with Gasteiger partial charge in [-0.25, -0.2) is 4.79 Å². The van der Waals surface area contributed by atoms with Crippen LogP contribution < -0.4 is 4.74 Å². The van der Waals surface area contributed by atoms with E-state index in [9.17, 15) is 9.59 Å². The van der Waals surface area contributed by atoms with E-state index in [0.29, 0.717) is 5.56 Å². The van der Waals surface area contributed by atoms with Gasteiger partial charge < -0.3 is 9.64 Å². The molecule has 0 N–H and O–H groups in total. The molecular formula is C17H16N4O3. The Kier molecular flexibility index (Phi) is 5.68. The third-order valence-corrected chi connectivity index (χ3v) is 3.13. The van der Waals surface area contributed by atoms with Crippen LogP contribution in [0, 0.1) is 0 Å². The van der Waals surface area contributed by atoms with Gasteiger partial charge >= 0.3 is 5.97 Å². The lowest BCUT2D eigenvalue weighted by Gasteiger charge is -2.12. The lowest BCUT2D eigenvalue weighted by atomic mass is 10.1. The van der Waals surface area contributed by atoms with Crippen LogP contribution in [0.4, 0.5) is 5.69 Å². The maximum atomic E-state index is 12.4. The highest BCUT2D eigenvalue weighted by atomic mass is 16.5. The fourth-order valence-corrected chi connectivity index (χ4v) is 2.09. The van der Waals surface area contributed by atoms with Gasteiger partial charge in [0.15, 0.2) is 5.78 Å². The smallest absolute Gasteiger partial charge is 0.344 e. The van der Waals surface area contributed by atoms with Gasteiger partial charge in [-0.05, 0) is 37.8 Å². The first kappa shape index (κ1) is 17.2. The van der Waals surface area contributed by atoms with Crippen molar-refractivity contribution in [3.8, 4) is 5.75 Å². The average Bonchev–Trinajstić information content (AvgIpc) is 2.55. The fourth-order valence-electron chi connectivity index (χ4n) is 2.09. The Morgan fingerprint density at radius 3 is 2.38 bits per heavy atom. The molecule has 0 aliphatic heterocycles. The molecule has 2 aromatic carbocycles. The second kappa shape index (κ2) is 7.92. The number of hydrogen-bond donors (Lipinski definition) is 0. The van der Waals surface area contributed by atoms with Crippen LogP contribution in [-0.2, 0) is 0 Å². The summed E-state index contributed by atoms with van der Waals surface area (Å²) in [5, 5.41) is 3.47. The summed E-state index contributed by atoms with van der Waals surface area (Å²) >= 11 is 0. The Bertz CT molecular complexity index is 811. The summed E-state index contributed by atoms with van der Waals surface area (Å²) < 4.78 is 5.36. The molecule has 7 heteroatoms. The van der Waals surface area contributed by atoms with Crippen LogP contribution in [-0.4, -0.2) is 37.3 Å². The van der Waals surface area contributed by atoms with Crippen molar-refractivity contribution in [2.45, 2.75) is 0 Å². The summed E-state index contributed by atoms with van der Waals surface area (Å²) in [6.45, 7) is 0.198. The van der Waals surface area contributed by atoms with Gasteiger partial charge in [0.1, 0.15) is 5.75 Å². The van der Waals surface area contributed by atoms with Crippen molar-refractivity contribution < 1.29 is 14.3 Å². The molecule has 0 fully saturated rings. The zero-order valence-electron chi connectivity index (χ0n) is 13.3. The number of esters is 1. The van der Waals surface area contributed by atoms with E-state index >= 15 is 0 Å². The molecule has 0 aliphatic carbocycles. The van der Waals surface area contributed by atoms with Gasteiger partial charge in [-0.15, -0.1) is 0 Å². The van der Waals surface area contributed by atoms with Gasteiger partial charge in [-0.3, -0.25) is 4.79 Å². The number of carbonyl (C=O) groups excluding carboxylic acids is 2. The summed E-state index contributed by atoms with van der Waals surface area (Å²) in [6, 6.07) is 12.8. The molecule has 2 rings (SSSR count). The number of rotatable bonds is 6. The van der Waals surface area contributed by atoms with Crippen LogP contribution in [0.15, 0.2) is 53.6 Å². The molecule has 24 heavy (non-hydrogen) atoms. The maximum Gasteiger partial charge on any atom is 0.344 e. The Morgan fingerprint density at radius 2 is 1.71 bits per heavy atom. The number of benzene rings is 2. The van der Waals surface area contributed by atoms with E-state index in [1.54, 1.807) is 55.4 Å². The highest BCUT2D eigenvalue weighted by Gasteiger charge is 2.18. The Hall–Kier alpha value is -3.15. The fraction of sp³-hybridized carbons (Fsp3) is 0.176. The van der Waals surface area contributed by atoms with Gasteiger partial charge in [0.25, 0.3) is 0 Å². The monoisotopic (exact) mass is 324 g/mol. The molecule has 0 aromatic heterocycles. The lowest BCUT2D eigenvalue weighted by Crippen LogP contribution is -2.22. The van der Waals surface area contributed by atoms with Gasteiger partial charge in [0, 0.05) is 4.91 Å². The van der Waals surface area contributed by atoms with Gasteiger partial charge in [-0.2, -0.15) is 0 Å².